The van der Waals surface area contributed by atoms with E-state index in [0.29, 0.717) is 0 Å². The second-order valence-corrected chi connectivity index (χ2v) is 5.52. The first kappa shape index (κ1) is 14.0. The molecule has 1 amide bonds. The summed E-state index contributed by atoms with van der Waals surface area (Å²) < 4.78 is 5.27. The molecule has 4 heteroatoms. The first-order valence-corrected chi connectivity index (χ1v) is 7.19. The molecule has 16 heavy (non-hydrogen) atoms. The minimum Gasteiger partial charge on any atom is -0.381 e. The van der Waals surface area contributed by atoms with Crippen LogP contribution in [0.3, 0.4) is 0 Å². The van der Waals surface area contributed by atoms with Gasteiger partial charge in [0.15, 0.2) is 0 Å². The second-order valence-electron chi connectivity index (χ2n) is 4.73. The summed E-state index contributed by atoms with van der Waals surface area (Å²) in [6, 6.07) is 0. The zero-order chi connectivity index (χ0) is 12.0. The van der Waals surface area contributed by atoms with E-state index in [2.05, 4.69) is 35.1 Å². The van der Waals surface area contributed by atoms with Gasteiger partial charge in [-0.3, -0.25) is 4.79 Å². The van der Waals surface area contributed by atoms with Crippen molar-refractivity contribution in [1.82, 2.24) is 5.32 Å². The van der Waals surface area contributed by atoms with E-state index in [9.17, 15) is 4.79 Å². The van der Waals surface area contributed by atoms with E-state index in [1.54, 1.807) is 0 Å². The summed E-state index contributed by atoms with van der Waals surface area (Å²) in [7, 11) is 0. The molecule has 3 nitrogen and oxygen atoms in total. The van der Waals surface area contributed by atoms with Crippen molar-refractivity contribution in [2.75, 3.05) is 18.5 Å². The summed E-state index contributed by atoms with van der Waals surface area (Å²) in [5, 5.41) is 4.11. The molecule has 0 radical (unpaired) electrons. The van der Waals surface area contributed by atoms with Crippen molar-refractivity contribution in [3.8, 4) is 0 Å². The van der Waals surface area contributed by atoms with Gasteiger partial charge < -0.3 is 10.1 Å². The van der Waals surface area contributed by atoms with E-state index in [-0.39, 0.29) is 17.4 Å². The second kappa shape index (κ2) is 6.60. The van der Waals surface area contributed by atoms with Crippen LogP contribution in [0.4, 0.5) is 0 Å². The number of hydrogen-bond donors (Lipinski definition) is 1. The predicted molar refractivity (Wildman–Crippen MR) is 68.8 cm³/mol. The third-order valence-corrected chi connectivity index (χ3v) is 3.84. The molecule has 0 aromatic carbocycles. The molecule has 1 aliphatic heterocycles. The summed E-state index contributed by atoms with van der Waals surface area (Å²) in [6.07, 6.45) is 3.66. The summed E-state index contributed by atoms with van der Waals surface area (Å²) in [5.74, 6) is 0.351. The van der Waals surface area contributed by atoms with Crippen molar-refractivity contribution < 1.29 is 9.53 Å². The number of rotatable bonds is 5. The quantitative estimate of drug-likeness (QED) is 0.791. The molecule has 0 saturated carbocycles. The van der Waals surface area contributed by atoms with Crippen LogP contribution in [0.25, 0.3) is 0 Å². The van der Waals surface area contributed by atoms with Crippen molar-refractivity contribution in [3.05, 3.63) is 0 Å². The average Bonchev–Trinajstić information content (AvgIpc) is 2.30. The molecule has 1 atom stereocenters. The maximum atomic E-state index is 12.1. The number of hydrogen-bond acceptors (Lipinski definition) is 2. The molecule has 1 fully saturated rings. The lowest BCUT2D eigenvalue weighted by atomic mass is 9.92. The van der Waals surface area contributed by atoms with Gasteiger partial charge in [-0.2, -0.15) is 0 Å². The Morgan fingerprint density at radius 3 is 2.62 bits per heavy atom. The SMILES string of the molecule is CCC(C)(CCBr)NC(=O)C1CCOCC1. The zero-order valence-electron chi connectivity index (χ0n) is 10.2. The molecule has 0 spiro atoms. The Kier molecular flexibility index (Phi) is 5.76. The first-order chi connectivity index (χ1) is 7.61. The molecule has 1 aliphatic rings. The summed E-state index contributed by atoms with van der Waals surface area (Å²) in [5.41, 5.74) is -0.0705. The number of ether oxygens (including phenoxy) is 1. The highest BCUT2D eigenvalue weighted by atomic mass is 79.9. The average molecular weight is 292 g/mol. The number of alkyl halides is 1. The Hall–Kier alpha value is -0.0900. The maximum absolute atomic E-state index is 12.1. The Morgan fingerprint density at radius 1 is 1.50 bits per heavy atom. The Morgan fingerprint density at radius 2 is 2.12 bits per heavy atom. The lowest BCUT2D eigenvalue weighted by Gasteiger charge is -2.32. The van der Waals surface area contributed by atoms with Gasteiger partial charge in [-0.05, 0) is 32.6 Å². The van der Waals surface area contributed by atoms with E-state index >= 15 is 0 Å². The van der Waals surface area contributed by atoms with E-state index in [1.807, 2.05) is 0 Å². The van der Waals surface area contributed by atoms with Gasteiger partial charge in [0.1, 0.15) is 0 Å². The number of amides is 1. The van der Waals surface area contributed by atoms with E-state index in [4.69, 9.17) is 4.74 Å². The van der Waals surface area contributed by atoms with Crippen LogP contribution in [0, 0.1) is 5.92 Å². The van der Waals surface area contributed by atoms with Crippen LogP contribution in [0.15, 0.2) is 0 Å². The van der Waals surface area contributed by atoms with Crippen LogP contribution in [-0.4, -0.2) is 30.0 Å². The van der Waals surface area contributed by atoms with Crippen LogP contribution in [-0.2, 0) is 9.53 Å². The van der Waals surface area contributed by atoms with Gasteiger partial charge in [0.25, 0.3) is 0 Å². The van der Waals surface area contributed by atoms with Crippen molar-refractivity contribution in [3.63, 3.8) is 0 Å². The van der Waals surface area contributed by atoms with Crippen LogP contribution < -0.4 is 5.32 Å². The standard InChI is InChI=1S/C12H22BrNO2/c1-3-12(2,6-7-13)14-11(15)10-4-8-16-9-5-10/h10H,3-9H2,1-2H3,(H,14,15). The number of carbonyl (C=O) groups excluding carboxylic acids is 1. The van der Waals surface area contributed by atoms with Gasteiger partial charge >= 0.3 is 0 Å². The normalized spacial score (nSPS) is 21.4. The van der Waals surface area contributed by atoms with E-state index < -0.39 is 0 Å². The summed E-state index contributed by atoms with van der Waals surface area (Å²) >= 11 is 3.44. The molecule has 1 N–H and O–H groups in total. The highest BCUT2D eigenvalue weighted by Gasteiger charge is 2.28. The minimum atomic E-state index is -0.0705. The summed E-state index contributed by atoms with van der Waals surface area (Å²) in [6.45, 7) is 5.68. The van der Waals surface area contributed by atoms with Crippen molar-refractivity contribution in [1.29, 1.82) is 0 Å². The lowest BCUT2D eigenvalue weighted by molar-refractivity contribution is -0.129. The topological polar surface area (TPSA) is 38.3 Å². The fourth-order valence-electron chi connectivity index (χ4n) is 1.90. The fraction of sp³-hybridized carbons (Fsp3) is 0.917. The largest absolute Gasteiger partial charge is 0.381 e. The fourth-order valence-corrected chi connectivity index (χ4v) is 2.77. The van der Waals surface area contributed by atoms with Gasteiger partial charge in [0, 0.05) is 30.0 Å². The third kappa shape index (κ3) is 4.06. The lowest BCUT2D eigenvalue weighted by Crippen LogP contribution is -2.49. The molecule has 0 aromatic rings. The first-order valence-electron chi connectivity index (χ1n) is 6.07. The summed E-state index contributed by atoms with van der Waals surface area (Å²) in [4.78, 5) is 12.1. The number of nitrogens with one attached hydrogen (secondary N) is 1. The molecular formula is C12H22BrNO2. The Balaban J connectivity index is 2.47. The zero-order valence-corrected chi connectivity index (χ0v) is 11.8. The number of carbonyl (C=O) groups is 1. The van der Waals surface area contributed by atoms with E-state index in [1.165, 1.54) is 0 Å². The molecule has 94 valence electrons. The van der Waals surface area contributed by atoms with Crippen LogP contribution in [0.5, 0.6) is 0 Å². The van der Waals surface area contributed by atoms with Crippen LogP contribution in [0.1, 0.15) is 39.5 Å². The van der Waals surface area contributed by atoms with Crippen molar-refractivity contribution >= 4 is 21.8 Å². The monoisotopic (exact) mass is 291 g/mol. The van der Waals surface area contributed by atoms with Gasteiger partial charge in [-0.15, -0.1) is 0 Å². The molecule has 0 aliphatic carbocycles. The van der Waals surface area contributed by atoms with Gasteiger partial charge in [0.05, 0.1) is 0 Å². The maximum Gasteiger partial charge on any atom is 0.223 e. The van der Waals surface area contributed by atoms with Crippen LogP contribution >= 0.6 is 15.9 Å². The highest BCUT2D eigenvalue weighted by molar-refractivity contribution is 9.09. The smallest absolute Gasteiger partial charge is 0.223 e. The highest BCUT2D eigenvalue weighted by Crippen LogP contribution is 2.20. The predicted octanol–water partition coefficient (Wildman–Crippen LogP) is 2.48. The molecule has 0 aromatic heterocycles. The third-order valence-electron chi connectivity index (χ3n) is 3.44. The molecule has 1 unspecified atom stereocenters. The Labute approximate surface area is 106 Å². The molecule has 1 rings (SSSR count). The molecule has 1 saturated heterocycles. The Bertz CT molecular complexity index is 229. The minimum absolute atomic E-state index is 0.0705. The molecular weight excluding hydrogens is 270 g/mol. The van der Waals surface area contributed by atoms with E-state index in [0.717, 1.165) is 44.2 Å². The van der Waals surface area contributed by atoms with Gasteiger partial charge in [0.2, 0.25) is 5.91 Å². The molecule has 1 heterocycles. The van der Waals surface area contributed by atoms with Crippen molar-refractivity contribution in [2.45, 2.75) is 45.1 Å². The van der Waals surface area contributed by atoms with Crippen LogP contribution in [0.2, 0.25) is 0 Å². The van der Waals surface area contributed by atoms with Crippen molar-refractivity contribution in [2.24, 2.45) is 5.92 Å². The number of halogens is 1. The van der Waals surface area contributed by atoms with Gasteiger partial charge in [-0.1, -0.05) is 22.9 Å². The van der Waals surface area contributed by atoms with Gasteiger partial charge in [-0.25, -0.2) is 0 Å². The molecule has 0 bridgehead atoms.